The first-order chi connectivity index (χ1) is 15.4. The van der Waals surface area contributed by atoms with Crippen molar-refractivity contribution in [3.8, 4) is 5.69 Å². The summed E-state index contributed by atoms with van der Waals surface area (Å²) < 4.78 is 1.61. The van der Waals surface area contributed by atoms with Crippen LogP contribution in [0, 0.1) is 4.77 Å². The van der Waals surface area contributed by atoms with Crippen molar-refractivity contribution in [1.29, 1.82) is 0 Å². The molecule has 1 aromatic heterocycles. The number of H-pyrrole nitrogens is 1. The average molecular weight is 465 g/mol. The molecule has 0 spiro atoms. The maximum Gasteiger partial charge on any atom is 0.269 e. The molecule has 9 heteroatoms. The molecule has 3 aromatic carbocycles. The molecule has 0 bridgehead atoms. The maximum absolute atomic E-state index is 13.0. The number of aromatic amines is 1. The summed E-state index contributed by atoms with van der Waals surface area (Å²) in [5, 5.41) is 0.958. The summed E-state index contributed by atoms with van der Waals surface area (Å²) in [5.74, 6) is -0.908. The molecule has 0 saturated carbocycles. The van der Waals surface area contributed by atoms with E-state index in [2.05, 4.69) is 15.8 Å². The minimum Gasteiger partial charge on any atom is -0.331 e. The summed E-state index contributed by atoms with van der Waals surface area (Å²) in [7, 11) is 0. The summed E-state index contributed by atoms with van der Waals surface area (Å²) in [4.78, 5) is 40.5. The number of hydrogen-bond donors (Lipinski definition) is 3. The third kappa shape index (κ3) is 4.61. The van der Waals surface area contributed by atoms with Gasteiger partial charge in [-0.2, -0.15) is 0 Å². The van der Waals surface area contributed by atoms with Crippen molar-refractivity contribution in [1.82, 2.24) is 20.4 Å². The summed E-state index contributed by atoms with van der Waals surface area (Å²) in [6.45, 7) is 0. The molecule has 2 amide bonds. The smallest absolute Gasteiger partial charge is 0.269 e. The molecule has 7 nitrogen and oxygen atoms in total. The van der Waals surface area contributed by atoms with E-state index < -0.39 is 5.91 Å². The first kappa shape index (κ1) is 21.5. The number of hydrazine groups is 1. The molecule has 4 rings (SSSR count). The van der Waals surface area contributed by atoms with Crippen molar-refractivity contribution in [2.75, 3.05) is 0 Å². The van der Waals surface area contributed by atoms with Crippen molar-refractivity contribution in [3.05, 3.63) is 104 Å². The molecule has 0 atom stereocenters. The Bertz CT molecular complexity index is 1430. The van der Waals surface area contributed by atoms with Crippen molar-refractivity contribution in [3.63, 3.8) is 0 Å². The lowest BCUT2D eigenvalue weighted by atomic mass is 10.1. The highest BCUT2D eigenvalue weighted by atomic mass is 35.5. The Morgan fingerprint density at radius 1 is 0.969 bits per heavy atom. The van der Waals surface area contributed by atoms with Gasteiger partial charge < -0.3 is 4.98 Å². The van der Waals surface area contributed by atoms with E-state index in [4.69, 9.17) is 23.8 Å². The minimum atomic E-state index is -0.525. The van der Waals surface area contributed by atoms with Crippen molar-refractivity contribution < 1.29 is 9.59 Å². The van der Waals surface area contributed by atoms with Gasteiger partial charge in [0.1, 0.15) is 0 Å². The van der Waals surface area contributed by atoms with Gasteiger partial charge in [-0.25, -0.2) is 0 Å². The first-order valence-electron chi connectivity index (χ1n) is 9.60. The Hall–Kier alpha value is -3.75. The van der Waals surface area contributed by atoms with Gasteiger partial charge in [-0.3, -0.25) is 29.8 Å². The van der Waals surface area contributed by atoms with E-state index in [0.29, 0.717) is 21.6 Å². The van der Waals surface area contributed by atoms with E-state index in [1.165, 1.54) is 16.7 Å². The van der Waals surface area contributed by atoms with E-state index in [-0.39, 0.29) is 28.2 Å². The molecule has 0 fully saturated rings. The summed E-state index contributed by atoms with van der Waals surface area (Å²) in [6.07, 6.45) is 0.0846. The number of nitrogens with zero attached hydrogens (tertiary/aromatic N) is 1. The Kier molecular flexibility index (Phi) is 6.16. The lowest BCUT2D eigenvalue weighted by molar-refractivity contribution is -0.121. The number of amides is 2. The molecule has 3 N–H and O–H groups in total. The molecule has 0 aliphatic carbocycles. The quantitative estimate of drug-likeness (QED) is 0.317. The number of rotatable bonds is 4. The number of benzene rings is 3. The highest BCUT2D eigenvalue weighted by Crippen LogP contribution is 2.13. The van der Waals surface area contributed by atoms with Gasteiger partial charge in [0.15, 0.2) is 4.77 Å². The Balaban J connectivity index is 1.51. The van der Waals surface area contributed by atoms with Gasteiger partial charge in [-0.15, -0.1) is 0 Å². The van der Waals surface area contributed by atoms with Crippen LogP contribution in [-0.2, 0) is 11.2 Å². The second-order valence-corrected chi connectivity index (χ2v) is 7.80. The number of hydrogen-bond acceptors (Lipinski definition) is 4. The van der Waals surface area contributed by atoms with Crippen LogP contribution in [0.2, 0.25) is 5.02 Å². The summed E-state index contributed by atoms with van der Waals surface area (Å²) in [5.41, 5.74) is 6.54. The summed E-state index contributed by atoms with van der Waals surface area (Å²) in [6, 6.07) is 20.5. The fourth-order valence-electron chi connectivity index (χ4n) is 3.20. The zero-order valence-corrected chi connectivity index (χ0v) is 18.2. The number of nitrogens with one attached hydrogen (secondary N) is 3. The number of halogens is 1. The van der Waals surface area contributed by atoms with Gasteiger partial charge in [0, 0.05) is 10.6 Å². The predicted molar refractivity (Wildman–Crippen MR) is 125 cm³/mol. The molecular weight excluding hydrogens is 448 g/mol. The number of para-hydroxylation sites is 1. The van der Waals surface area contributed by atoms with Crippen LogP contribution >= 0.6 is 23.8 Å². The molecule has 4 aromatic rings. The van der Waals surface area contributed by atoms with Crippen molar-refractivity contribution >= 4 is 46.5 Å². The standard InChI is InChI=1S/C23H17ClN4O3S/c24-16-9-6-14(7-10-16)12-20(29)26-27-21(30)15-8-11-18-19(13-15)25-23(32)28(22(18)31)17-4-2-1-3-5-17/h1-11,13H,12H2,(H,25,32)(H,26,29)(H,27,30). The molecular formula is C23H17ClN4O3S. The van der Waals surface area contributed by atoms with Crippen LogP contribution in [0.15, 0.2) is 77.6 Å². The molecule has 32 heavy (non-hydrogen) atoms. The van der Waals surface area contributed by atoms with Crippen LogP contribution in [0.4, 0.5) is 0 Å². The van der Waals surface area contributed by atoms with E-state index in [1.54, 1.807) is 42.5 Å². The van der Waals surface area contributed by atoms with Gasteiger partial charge in [0.05, 0.1) is 23.0 Å². The molecule has 0 saturated heterocycles. The number of carbonyl (C=O) groups excluding carboxylic acids is 2. The number of fused-ring (bicyclic) bond motifs is 1. The average Bonchev–Trinajstić information content (AvgIpc) is 2.79. The number of carbonyl (C=O) groups is 2. The van der Waals surface area contributed by atoms with Crippen LogP contribution in [0.3, 0.4) is 0 Å². The zero-order chi connectivity index (χ0) is 22.7. The molecule has 0 aliphatic rings. The van der Waals surface area contributed by atoms with E-state index in [9.17, 15) is 14.4 Å². The zero-order valence-electron chi connectivity index (χ0n) is 16.6. The normalized spacial score (nSPS) is 10.7. The van der Waals surface area contributed by atoms with Crippen molar-refractivity contribution in [2.45, 2.75) is 6.42 Å². The van der Waals surface area contributed by atoms with Gasteiger partial charge in [-0.1, -0.05) is 41.9 Å². The largest absolute Gasteiger partial charge is 0.331 e. The van der Waals surface area contributed by atoms with Crippen LogP contribution in [-0.4, -0.2) is 21.4 Å². The monoisotopic (exact) mass is 464 g/mol. The third-order valence-corrected chi connectivity index (χ3v) is 5.30. The highest BCUT2D eigenvalue weighted by Gasteiger charge is 2.12. The Morgan fingerprint density at radius 3 is 2.41 bits per heavy atom. The topological polar surface area (TPSA) is 96.0 Å². The second kappa shape index (κ2) is 9.17. The fraction of sp³-hybridized carbons (Fsp3) is 0.0435. The van der Waals surface area contributed by atoms with Crippen LogP contribution in [0.1, 0.15) is 15.9 Å². The second-order valence-electron chi connectivity index (χ2n) is 6.97. The molecule has 0 unspecified atom stereocenters. The Labute approximate surface area is 192 Å². The van der Waals surface area contributed by atoms with Crippen molar-refractivity contribution in [2.24, 2.45) is 0 Å². The van der Waals surface area contributed by atoms with Gasteiger partial charge in [-0.05, 0) is 60.2 Å². The van der Waals surface area contributed by atoms with Gasteiger partial charge >= 0.3 is 0 Å². The van der Waals surface area contributed by atoms with Crippen LogP contribution in [0.25, 0.3) is 16.6 Å². The van der Waals surface area contributed by atoms with E-state index >= 15 is 0 Å². The van der Waals surface area contributed by atoms with Gasteiger partial charge in [0.25, 0.3) is 11.5 Å². The summed E-state index contributed by atoms with van der Waals surface area (Å²) >= 11 is 11.2. The lowest BCUT2D eigenvalue weighted by Gasteiger charge is -2.10. The minimum absolute atomic E-state index is 0.0846. The highest BCUT2D eigenvalue weighted by molar-refractivity contribution is 7.71. The lowest BCUT2D eigenvalue weighted by Crippen LogP contribution is -2.42. The van der Waals surface area contributed by atoms with E-state index in [1.807, 2.05) is 18.2 Å². The first-order valence-corrected chi connectivity index (χ1v) is 10.4. The number of aromatic nitrogens is 2. The van der Waals surface area contributed by atoms with Gasteiger partial charge in [0.2, 0.25) is 5.91 Å². The molecule has 0 aliphatic heterocycles. The fourth-order valence-corrected chi connectivity index (χ4v) is 3.63. The molecule has 0 radical (unpaired) electrons. The van der Waals surface area contributed by atoms with E-state index in [0.717, 1.165) is 5.56 Å². The Morgan fingerprint density at radius 2 is 1.69 bits per heavy atom. The van der Waals surface area contributed by atoms with Crippen LogP contribution < -0.4 is 16.4 Å². The van der Waals surface area contributed by atoms with Crippen LogP contribution in [0.5, 0.6) is 0 Å². The molecule has 1 heterocycles. The molecule has 160 valence electrons. The maximum atomic E-state index is 13.0. The predicted octanol–water partition coefficient (Wildman–Crippen LogP) is 3.71. The third-order valence-electron chi connectivity index (χ3n) is 4.77. The SMILES string of the molecule is O=C(Cc1ccc(Cl)cc1)NNC(=O)c1ccc2c(=O)n(-c3ccccc3)c(=S)[nH]c2c1.